The summed E-state index contributed by atoms with van der Waals surface area (Å²) in [5.74, 6) is 0.855. The number of halogens is 1. The molecule has 2 amide bonds. The molecule has 0 saturated heterocycles. The first-order chi connectivity index (χ1) is 12.4. The predicted molar refractivity (Wildman–Crippen MR) is 98.6 cm³/mol. The van der Waals surface area contributed by atoms with Crippen molar-refractivity contribution < 1.29 is 19.1 Å². The van der Waals surface area contributed by atoms with Crippen LogP contribution >= 0.6 is 11.6 Å². The summed E-state index contributed by atoms with van der Waals surface area (Å²) in [6.45, 7) is 3.74. The lowest BCUT2D eigenvalue weighted by Gasteiger charge is -2.21. The second-order valence-corrected chi connectivity index (χ2v) is 6.41. The Morgan fingerprint density at radius 3 is 2.65 bits per heavy atom. The molecule has 0 saturated carbocycles. The van der Waals surface area contributed by atoms with Gasteiger partial charge < -0.3 is 19.7 Å². The molecule has 0 unspecified atom stereocenters. The van der Waals surface area contributed by atoms with Crippen LogP contribution in [0, 0.1) is 6.92 Å². The Labute approximate surface area is 156 Å². The molecule has 0 bridgehead atoms. The van der Waals surface area contributed by atoms with Gasteiger partial charge in [-0.3, -0.25) is 9.59 Å². The van der Waals surface area contributed by atoms with Gasteiger partial charge in [-0.2, -0.15) is 0 Å². The van der Waals surface area contributed by atoms with Crippen molar-refractivity contribution in [1.29, 1.82) is 0 Å². The Morgan fingerprint density at radius 2 is 1.92 bits per heavy atom. The van der Waals surface area contributed by atoms with Crippen molar-refractivity contribution in [2.24, 2.45) is 0 Å². The Bertz CT molecular complexity index is 853. The fourth-order valence-corrected chi connectivity index (χ4v) is 2.76. The van der Waals surface area contributed by atoms with Crippen molar-refractivity contribution in [3.63, 3.8) is 0 Å². The molecular formula is C19H19ClN2O4. The Kier molecular flexibility index (Phi) is 5.32. The second kappa shape index (κ2) is 7.66. The zero-order valence-corrected chi connectivity index (χ0v) is 15.3. The fourth-order valence-electron chi connectivity index (χ4n) is 2.59. The van der Waals surface area contributed by atoms with Crippen LogP contribution in [-0.4, -0.2) is 25.2 Å². The van der Waals surface area contributed by atoms with Gasteiger partial charge in [-0.1, -0.05) is 23.7 Å². The quantitative estimate of drug-likeness (QED) is 0.873. The molecule has 1 N–H and O–H groups in total. The number of carbonyl (C=O) groups is 2. The van der Waals surface area contributed by atoms with E-state index in [0.29, 0.717) is 28.8 Å². The first-order valence-electron chi connectivity index (χ1n) is 8.13. The fraction of sp³-hybridized carbons (Fsp3) is 0.263. The largest absolute Gasteiger partial charge is 0.454 e. The van der Waals surface area contributed by atoms with Crippen LogP contribution < -0.4 is 19.7 Å². The van der Waals surface area contributed by atoms with E-state index in [9.17, 15) is 9.59 Å². The molecule has 1 aliphatic rings. The van der Waals surface area contributed by atoms with Crippen LogP contribution in [0.1, 0.15) is 18.1 Å². The van der Waals surface area contributed by atoms with Crippen LogP contribution in [0.5, 0.6) is 11.5 Å². The van der Waals surface area contributed by atoms with Gasteiger partial charge in [-0.05, 0) is 42.3 Å². The van der Waals surface area contributed by atoms with Gasteiger partial charge in [0.15, 0.2) is 11.5 Å². The molecule has 0 atom stereocenters. The van der Waals surface area contributed by atoms with E-state index in [0.717, 1.165) is 11.1 Å². The van der Waals surface area contributed by atoms with Crippen molar-refractivity contribution in [3.8, 4) is 11.5 Å². The first kappa shape index (κ1) is 18.1. The van der Waals surface area contributed by atoms with Gasteiger partial charge >= 0.3 is 0 Å². The number of hydrogen-bond donors (Lipinski definition) is 1. The highest BCUT2D eigenvalue weighted by Gasteiger charge is 2.17. The van der Waals surface area contributed by atoms with E-state index in [2.05, 4.69) is 5.32 Å². The maximum Gasteiger partial charge on any atom is 0.240 e. The molecule has 0 radical (unpaired) electrons. The lowest BCUT2D eigenvalue weighted by molar-refractivity contribution is -0.123. The number of anilines is 1. The summed E-state index contributed by atoms with van der Waals surface area (Å²) >= 11 is 6.13. The van der Waals surface area contributed by atoms with Gasteiger partial charge in [0.25, 0.3) is 0 Å². The number of aryl methyl sites for hydroxylation is 1. The molecule has 0 spiro atoms. The van der Waals surface area contributed by atoms with Crippen LogP contribution in [0.15, 0.2) is 36.4 Å². The molecule has 0 fully saturated rings. The van der Waals surface area contributed by atoms with E-state index in [-0.39, 0.29) is 25.2 Å². The molecule has 7 heteroatoms. The van der Waals surface area contributed by atoms with E-state index < -0.39 is 0 Å². The molecule has 1 aliphatic heterocycles. The number of rotatable bonds is 5. The molecule has 26 heavy (non-hydrogen) atoms. The molecule has 6 nitrogen and oxygen atoms in total. The van der Waals surface area contributed by atoms with Gasteiger partial charge in [-0.15, -0.1) is 0 Å². The van der Waals surface area contributed by atoms with Crippen molar-refractivity contribution in [2.45, 2.75) is 20.4 Å². The topological polar surface area (TPSA) is 67.9 Å². The van der Waals surface area contributed by atoms with Crippen LogP contribution in [0.2, 0.25) is 5.02 Å². The maximum absolute atomic E-state index is 12.3. The number of carbonyl (C=O) groups excluding carboxylic acids is 2. The third kappa shape index (κ3) is 4.08. The van der Waals surface area contributed by atoms with E-state index >= 15 is 0 Å². The van der Waals surface area contributed by atoms with Gasteiger partial charge in [0.2, 0.25) is 18.6 Å². The van der Waals surface area contributed by atoms with Crippen LogP contribution in [-0.2, 0) is 16.1 Å². The third-order valence-corrected chi connectivity index (χ3v) is 4.48. The molecule has 3 rings (SSSR count). The summed E-state index contributed by atoms with van der Waals surface area (Å²) in [5, 5.41) is 3.36. The molecule has 0 aromatic heterocycles. The summed E-state index contributed by atoms with van der Waals surface area (Å²) in [7, 11) is 0. The minimum atomic E-state index is -0.269. The van der Waals surface area contributed by atoms with Crippen molar-refractivity contribution >= 4 is 29.1 Å². The summed E-state index contributed by atoms with van der Waals surface area (Å²) in [5.41, 5.74) is 2.38. The third-order valence-electron chi connectivity index (χ3n) is 4.08. The number of nitrogens with one attached hydrogen (secondary N) is 1. The number of nitrogens with zero attached hydrogens (tertiary/aromatic N) is 1. The Hall–Kier alpha value is -2.73. The minimum absolute atomic E-state index is 0.0841. The molecule has 0 aliphatic carbocycles. The normalized spacial score (nSPS) is 12.0. The minimum Gasteiger partial charge on any atom is -0.454 e. The number of fused-ring (bicyclic) bond motifs is 1. The van der Waals surface area contributed by atoms with E-state index in [1.54, 1.807) is 18.2 Å². The van der Waals surface area contributed by atoms with Crippen LogP contribution in [0.3, 0.4) is 0 Å². The average Bonchev–Trinajstić information content (AvgIpc) is 3.08. The number of hydrogen-bond acceptors (Lipinski definition) is 4. The van der Waals surface area contributed by atoms with Crippen molar-refractivity contribution in [1.82, 2.24) is 5.32 Å². The van der Waals surface area contributed by atoms with E-state index in [1.165, 1.54) is 11.8 Å². The summed E-state index contributed by atoms with van der Waals surface area (Å²) < 4.78 is 10.6. The Morgan fingerprint density at radius 1 is 1.15 bits per heavy atom. The highest BCUT2D eigenvalue weighted by Crippen LogP contribution is 2.32. The average molecular weight is 375 g/mol. The highest BCUT2D eigenvalue weighted by atomic mass is 35.5. The molecule has 2 aromatic carbocycles. The summed E-state index contributed by atoms with van der Waals surface area (Å²) in [6.07, 6.45) is 0. The lowest BCUT2D eigenvalue weighted by atomic mass is 10.2. The molecule has 1 heterocycles. The second-order valence-electron chi connectivity index (χ2n) is 6.00. The van der Waals surface area contributed by atoms with Crippen LogP contribution in [0.25, 0.3) is 0 Å². The lowest BCUT2D eigenvalue weighted by Crippen LogP contribution is -2.39. The molecule has 2 aromatic rings. The van der Waals surface area contributed by atoms with Gasteiger partial charge in [0.05, 0.1) is 0 Å². The first-order valence-corrected chi connectivity index (χ1v) is 8.51. The molecule has 136 valence electrons. The Balaban J connectivity index is 1.63. The maximum atomic E-state index is 12.3. The van der Waals surface area contributed by atoms with E-state index in [1.807, 2.05) is 25.1 Å². The zero-order valence-electron chi connectivity index (χ0n) is 14.5. The number of ether oxygens (including phenoxy) is 2. The molecular weight excluding hydrogens is 356 g/mol. The monoisotopic (exact) mass is 374 g/mol. The van der Waals surface area contributed by atoms with Gasteiger partial charge in [0, 0.05) is 24.2 Å². The number of amides is 2. The van der Waals surface area contributed by atoms with Crippen molar-refractivity contribution in [3.05, 3.63) is 52.5 Å². The number of benzene rings is 2. The SMILES string of the molecule is CC(=O)N(CC(=O)NCc1ccc2c(c1)OCO2)c1ccc(C)c(Cl)c1. The predicted octanol–water partition coefficient (Wildman–Crippen LogP) is 3.05. The zero-order chi connectivity index (χ0) is 18.7. The van der Waals surface area contributed by atoms with Crippen molar-refractivity contribution in [2.75, 3.05) is 18.2 Å². The van der Waals surface area contributed by atoms with Crippen LogP contribution in [0.4, 0.5) is 5.69 Å². The summed E-state index contributed by atoms with van der Waals surface area (Å²) in [6, 6.07) is 10.8. The summed E-state index contributed by atoms with van der Waals surface area (Å²) in [4.78, 5) is 25.6. The standard InChI is InChI=1S/C19H19ClN2O4/c1-12-3-5-15(8-16(12)20)22(13(2)23)10-19(24)21-9-14-4-6-17-18(7-14)26-11-25-17/h3-8H,9-11H2,1-2H3,(H,21,24). The van der Waals surface area contributed by atoms with Gasteiger partial charge in [0.1, 0.15) is 6.54 Å². The van der Waals surface area contributed by atoms with Gasteiger partial charge in [-0.25, -0.2) is 0 Å². The smallest absolute Gasteiger partial charge is 0.240 e. The van der Waals surface area contributed by atoms with E-state index in [4.69, 9.17) is 21.1 Å². The highest BCUT2D eigenvalue weighted by molar-refractivity contribution is 6.31.